The third-order valence-corrected chi connectivity index (χ3v) is 5.48. The molecule has 5 rings (SSSR count). The molecule has 0 amide bonds. The quantitative estimate of drug-likeness (QED) is 0.591. The molecule has 0 spiro atoms. The Hall–Kier alpha value is -2.57. The second-order valence-corrected chi connectivity index (χ2v) is 7.75. The van der Waals surface area contributed by atoms with Crippen molar-refractivity contribution in [1.29, 1.82) is 0 Å². The van der Waals surface area contributed by atoms with Crippen LogP contribution in [0.3, 0.4) is 0 Å². The number of carbonyl (C=O) groups excluding carboxylic acids is 1. The SMILES string of the molecule is O=C(OC1CCN2C=NCC12)c1ccc2nc(-c3cc(Cl)cc(Cl)c3)oc2c1. The number of halogens is 2. The first-order valence-electron chi connectivity index (χ1n) is 8.90. The summed E-state index contributed by atoms with van der Waals surface area (Å²) < 4.78 is 11.6. The van der Waals surface area contributed by atoms with Crippen molar-refractivity contribution in [3.05, 3.63) is 52.0 Å². The van der Waals surface area contributed by atoms with Gasteiger partial charge in [0.1, 0.15) is 11.6 Å². The van der Waals surface area contributed by atoms with Crippen molar-refractivity contribution in [2.45, 2.75) is 18.6 Å². The molecule has 1 fully saturated rings. The van der Waals surface area contributed by atoms with Crippen LogP contribution in [0.2, 0.25) is 10.0 Å². The van der Waals surface area contributed by atoms with E-state index in [1.54, 1.807) is 36.4 Å². The molecule has 3 aromatic rings. The van der Waals surface area contributed by atoms with Crippen LogP contribution in [0.25, 0.3) is 22.6 Å². The molecule has 0 aliphatic carbocycles. The van der Waals surface area contributed by atoms with Gasteiger partial charge in [-0.25, -0.2) is 9.78 Å². The zero-order valence-electron chi connectivity index (χ0n) is 14.6. The summed E-state index contributed by atoms with van der Waals surface area (Å²) in [4.78, 5) is 23.4. The molecule has 3 heterocycles. The van der Waals surface area contributed by atoms with Crippen molar-refractivity contribution in [3.63, 3.8) is 0 Å². The third-order valence-electron chi connectivity index (χ3n) is 5.04. The van der Waals surface area contributed by atoms with Crippen molar-refractivity contribution in [2.24, 2.45) is 4.99 Å². The summed E-state index contributed by atoms with van der Waals surface area (Å²) >= 11 is 12.1. The fourth-order valence-electron chi connectivity index (χ4n) is 3.67. The van der Waals surface area contributed by atoms with Gasteiger partial charge < -0.3 is 14.1 Å². The Morgan fingerprint density at radius 1 is 1.18 bits per heavy atom. The van der Waals surface area contributed by atoms with E-state index in [0.717, 1.165) is 13.0 Å². The molecular weight excluding hydrogens is 401 g/mol. The van der Waals surface area contributed by atoms with E-state index in [0.29, 0.717) is 44.7 Å². The highest BCUT2D eigenvalue weighted by Crippen LogP contribution is 2.30. The molecule has 2 unspecified atom stereocenters. The van der Waals surface area contributed by atoms with E-state index >= 15 is 0 Å². The molecule has 1 saturated heterocycles. The highest BCUT2D eigenvalue weighted by molar-refractivity contribution is 6.35. The third kappa shape index (κ3) is 3.12. The molecule has 1 aromatic heterocycles. The van der Waals surface area contributed by atoms with Crippen LogP contribution in [0, 0.1) is 0 Å². The highest BCUT2D eigenvalue weighted by Gasteiger charge is 2.37. The van der Waals surface area contributed by atoms with Crippen LogP contribution in [0.1, 0.15) is 16.8 Å². The van der Waals surface area contributed by atoms with Gasteiger partial charge >= 0.3 is 5.97 Å². The molecular formula is C20H15Cl2N3O3. The Bertz CT molecular complexity index is 1090. The smallest absolute Gasteiger partial charge is 0.338 e. The molecule has 2 aliphatic heterocycles. The predicted molar refractivity (Wildman–Crippen MR) is 107 cm³/mol. The van der Waals surface area contributed by atoms with Crippen LogP contribution < -0.4 is 0 Å². The van der Waals surface area contributed by atoms with Crippen molar-refractivity contribution in [3.8, 4) is 11.5 Å². The predicted octanol–water partition coefficient (Wildman–Crippen LogP) is 4.44. The summed E-state index contributed by atoms with van der Waals surface area (Å²) in [5, 5.41) is 0.992. The van der Waals surface area contributed by atoms with E-state index in [4.69, 9.17) is 32.4 Å². The van der Waals surface area contributed by atoms with Crippen LogP contribution in [-0.4, -0.2) is 47.4 Å². The number of carbonyl (C=O) groups is 1. The number of hydrogen-bond acceptors (Lipinski definition) is 6. The fourth-order valence-corrected chi connectivity index (χ4v) is 4.20. The first kappa shape index (κ1) is 17.5. The van der Waals surface area contributed by atoms with Gasteiger partial charge in [-0.1, -0.05) is 23.2 Å². The van der Waals surface area contributed by atoms with Crippen molar-refractivity contribution < 1.29 is 13.9 Å². The maximum Gasteiger partial charge on any atom is 0.338 e. The van der Waals surface area contributed by atoms with Crippen LogP contribution in [-0.2, 0) is 4.74 Å². The minimum atomic E-state index is -0.371. The summed E-state index contributed by atoms with van der Waals surface area (Å²) in [6.07, 6.45) is 2.50. The van der Waals surface area contributed by atoms with Crippen LogP contribution in [0.15, 0.2) is 45.8 Å². The monoisotopic (exact) mass is 415 g/mol. The van der Waals surface area contributed by atoms with Crippen LogP contribution in [0.4, 0.5) is 0 Å². The van der Waals surface area contributed by atoms with Gasteiger partial charge in [0.05, 0.1) is 24.5 Å². The average molecular weight is 416 g/mol. The minimum absolute atomic E-state index is 0.149. The number of aromatic nitrogens is 1. The maximum absolute atomic E-state index is 12.6. The molecule has 142 valence electrons. The summed E-state index contributed by atoms with van der Waals surface area (Å²) in [7, 11) is 0. The number of aliphatic imine (C=N–C) groups is 1. The lowest BCUT2D eigenvalue weighted by atomic mass is 10.1. The summed E-state index contributed by atoms with van der Waals surface area (Å²) in [6.45, 7) is 1.53. The van der Waals surface area contributed by atoms with Crippen molar-refractivity contribution in [1.82, 2.24) is 9.88 Å². The molecule has 2 aliphatic rings. The Labute approximate surface area is 170 Å². The van der Waals surface area contributed by atoms with Crippen molar-refractivity contribution in [2.75, 3.05) is 13.1 Å². The lowest BCUT2D eigenvalue weighted by Crippen LogP contribution is -2.34. The average Bonchev–Trinajstić information content (AvgIpc) is 3.36. The fraction of sp³-hybridized carbons (Fsp3) is 0.250. The maximum atomic E-state index is 12.6. The first-order valence-corrected chi connectivity index (χ1v) is 9.66. The number of rotatable bonds is 3. The number of fused-ring (bicyclic) bond motifs is 2. The lowest BCUT2D eigenvalue weighted by Gasteiger charge is -2.19. The van der Waals surface area contributed by atoms with E-state index < -0.39 is 0 Å². The van der Waals surface area contributed by atoms with E-state index in [2.05, 4.69) is 14.9 Å². The van der Waals surface area contributed by atoms with Crippen LogP contribution >= 0.6 is 23.2 Å². The molecule has 0 saturated carbocycles. The molecule has 2 atom stereocenters. The largest absolute Gasteiger partial charge is 0.456 e. The standard InChI is InChI=1S/C20H15Cl2N3O3/c21-13-5-12(6-14(22)8-13)19-24-15-2-1-11(7-18(15)27-19)20(26)28-17-3-4-25-10-23-9-16(17)25/h1-2,5-8,10,16-17H,3-4,9H2. The number of esters is 1. The number of oxazole rings is 1. The van der Waals surface area contributed by atoms with Gasteiger partial charge in [-0.05, 0) is 36.4 Å². The van der Waals surface area contributed by atoms with Gasteiger partial charge in [0, 0.05) is 28.6 Å². The van der Waals surface area contributed by atoms with Gasteiger partial charge in [0.15, 0.2) is 5.58 Å². The Balaban J connectivity index is 1.39. The van der Waals surface area contributed by atoms with Gasteiger partial charge in [-0.15, -0.1) is 0 Å². The lowest BCUT2D eigenvalue weighted by molar-refractivity contribution is 0.0259. The van der Waals surface area contributed by atoms with Crippen LogP contribution in [0.5, 0.6) is 0 Å². The molecule has 28 heavy (non-hydrogen) atoms. The molecule has 2 aromatic carbocycles. The highest BCUT2D eigenvalue weighted by atomic mass is 35.5. The Morgan fingerprint density at radius 2 is 2.00 bits per heavy atom. The number of ether oxygens (including phenoxy) is 1. The molecule has 0 bridgehead atoms. The van der Waals surface area contributed by atoms with E-state index in [1.807, 2.05) is 6.34 Å². The molecule has 0 N–H and O–H groups in total. The molecule has 6 nitrogen and oxygen atoms in total. The minimum Gasteiger partial charge on any atom is -0.456 e. The van der Waals surface area contributed by atoms with E-state index in [9.17, 15) is 4.79 Å². The van der Waals surface area contributed by atoms with Crippen molar-refractivity contribution >= 4 is 46.6 Å². The van der Waals surface area contributed by atoms with Gasteiger partial charge in [0.2, 0.25) is 5.89 Å². The summed E-state index contributed by atoms with van der Waals surface area (Å²) in [6, 6.07) is 10.3. The normalized spacial score (nSPS) is 20.7. The Kier molecular flexibility index (Phi) is 4.25. The number of benzene rings is 2. The second kappa shape index (κ2) is 6.79. The second-order valence-electron chi connectivity index (χ2n) is 6.88. The molecule has 0 radical (unpaired) electrons. The van der Waals surface area contributed by atoms with E-state index in [-0.39, 0.29) is 18.1 Å². The zero-order valence-corrected chi connectivity index (χ0v) is 16.2. The summed E-state index contributed by atoms with van der Waals surface area (Å²) in [5.41, 5.74) is 2.23. The first-order chi connectivity index (χ1) is 13.6. The zero-order chi connectivity index (χ0) is 19.3. The number of hydrogen-bond donors (Lipinski definition) is 0. The van der Waals surface area contributed by atoms with Gasteiger partial charge in [0.25, 0.3) is 0 Å². The number of nitrogens with zero attached hydrogens (tertiary/aromatic N) is 3. The van der Waals surface area contributed by atoms with E-state index in [1.165, 1.54) is 0 Å². The molecule has 8 heteroatoms. The summed E-state index contributed by atoms with van der Waals surface area (Å²) in [5.74, 6) is 0.0175. The van der Waals surface area contributed by atoms with Gasteiger partial charge in [-0.3, -0.25) is 4.99 Å². The Morgan fingerprint density at radius 3 is 2.82 bits per heavy atom. The topological polar surface area (TPSA) is 67.9 Å². The van der Waals surface area contributed by atoms with Gasteiger partial charge in [-0.2, -0.15) is 0 Å².